The molecule has 106 valence electrons. The summed E-state index contributed by atoms with van der Waals surface area (Å²) in [4.78, 5) is -0.338. The fourth-order valence-corrected chi connectivity index (χ4v) is 3.98. The van der Waals surface area contributed by atoms with Crippen LogP contribution < -0.4 is 0 Å². The molecule has 0 amide bonds. The highest BCUT2D eigenvalue weighted by Crippen LogP contribution is 2.27. The van der Waals surface area contributed by atoms with Gasteiger partial charge in [-0.05, 0) is 25.0 Å². The van der Waals surface area contributed by atoms with Gasteiger partial charge in [-0.15, -0.1) is 0 Å². The Bertz CT molecular complexity index is 547. The maximum atomic E-state index is 13.6. The molecule has 0 spiro atoms. The molecule has 1 fully saturated rings. The molecular formula is C13H18FNO3S. The fraction of sp³-hybridized carbons (Fsp3) is 0.538. The quantitative estimate of drug-likeness (QED) is 0.921. The zero-order valence-electron chi connectivity index (χ0n) is 10.8. The number of benzene rings is 1. The zero-order valence-corrected chi connectivity index (χ0v) is 11.6. The molecule has 0 radical (unpaired) electrons. The van der Waals surface area contributed by atoms with Gasteiger partial charge in [-0.1, -0.05) is 25.0 Å². The normalized spacial score (nSPS) is 24.6. The van der Waals surface area contributed by atoms with E-state index in [9.17, 15) is 17.9 Å². The predicted molar refractivity (Wildman–Crippen MR) is 69.6 cm³/mol. The van der Waals surface area contributed by atoms with Crippen LogP contribution in [-0.4, -0.2) is 37.0 Å². The molecule has 2 atom stereocenters. The van der Waals surface area contributed by atoms with Gasteiger partial charge in [-0.3, -0.25) is 0 Å². The summed E-state index contributed by atoms with van der Waals surface area (Å²) in [7, 11) is -2.50. The highest BCUT2D eigenvalue weighted by Gasteiger charge is 2.35. The van der Waals surface area contributed by atoms with E-state index in [0.717, 1.165) is 23.2 Å². The van der Waals surface area contributed by atoms with Gasteiger partial charge in [-0.25, -0.2) is 12.8 Å². The lowest BCUT2D eigenvalue weighted by molar-refractivity contribution is 0.0637. The third-order valence-corrected chi connectivity index (χ3v) is 5.57. The second-order valence-electron chi connectivity index (χ2n) is 4.87. The number of hydrogen-bond donors (Lipinski definition) is 1. The van der Waals surface area contributed by atoms with Crippen molar-refractivity contribution in [1.82, 2.24) is 4.31 Å². The summed E-state index contributed by atoms with van der Waals surface area (Å²) in [6, 6.07) is 4.83. The van der Waals surface area contributed by atoms with Crippen LogP contribution >= 0.6 is 0 Å². The van der Waals surface area contributed by atoms with Crippen molar-refractivity contribution in [2.45, 2.75) is 42.7 Å². The molecule has 6 heteroatoms. The molecule has 0 aromatic heterocycles. The van der Waals surface area contributed by atoms with Crippen LogP contribution in [0.2, 0.25) is 0 Å². The topological polar surface area (TPSA) is 57.6 Å². The number of aliphatic hydroxyl groups is 1. The van der Waals surface area contributed by atoms with Crippen molar-refractivity contribution in [3.8, 4) is 0 Å². The van der Waals surface area contributed by atoms with Crippen LogP contribution in [-0.2, 0) is 10.0 Å². The molecule has 2 rings (SSSR count). The van der Waals surface area contributed by atoms with Crippen molar-refractivity contribution in [3.63, 3.8) is 0 Å². The monoisotopic (exact) mass is 287 g/mol. The van der Waals surface area contributed by atoms with Crippen molar-refractivity contribution < 1.29 is 17.9 Å². The molecule has 0 bridgehead atoms. The van der Waals surface area contributed by atoms with E-state index in [2.05, 4.69) is 0 Å². The second kappa shape index (κ2) is 5.56. The van der Waals surface area contributed by atoms with Crippen molar-refractivity contribution in [3.05, 3.63) is 30.1 Å². The summed E-state index contributed by atoms with van der Waals surface area (Å²) < 4.78 is 39.5. The van der Waals surface area contributed by atoms with Crippen molar-refractivity contribution in [2.24, 2.45) is 0 Å². The minimum absolute atomic E-state index is 0.338. The van der Waals surface area contributed by atoms with E-state index in [1.165, 1.54) is 25.2 Å². The third kappa shape index (κ3) is 2.80. The van der Waals surface area contributed by atoms with Crippen LogP contribution in [0.3, 0.4) is 0 Å². The average Bonchev–Trinajstić information content (AvgIpc) is 2.39. The van der Waals surface area contributed by atoms with E-state index < -0.39 is 28.0 Å². The van der Waals surface area contributed by atoms with E-state index in [-0.39, 0.29) is 4.90 Å². The summed E-state index contributed by atoms with van der Waals surface area (Å²) >= 11 is 0. The summed E-state index contributed by atoms with van der Waals surface area (Å²) in [6.07, 6.45) is 2.28. The lowest BCUT2D eigenvalue weighted by Gasteiger charge is -2.34. The Kier molecular flexibility index (Phi) is 4.23. The molecule has 2 unspecified atom stereocenters. The Hall–Kier alpha value is -0.980. The Labute approximate surface area is 112 Å². The summed E-state index contributed by atoms with van der Waals surface area (Å²) in [5, 5.41) is 9.92. The molecule has 1 aromatic rings. The van der Waals surface area contributed by atoms with Crippen molar-refractivity contribution in [2.75, 3.05) is 7.05 Å². The first-order chi connectivity index (χ1) is 8.94. The van der Waals surface area contributed by atoms with Gasteiger partial charge in [0.1, 0.15) is 10.7 Å². The molecule has 1 saturated carbocycles. The molecule has 1 aliphatic rings. The molecule has 0 aliphatic heterocycles. The van der Waals surface area contributed by atoms with Gasteiger partial charge < -0.3 is 5.11 Å². The van der Waals surface area contributed by atoms with E-state index in [0.29, 0.717) is 12.8 Å². The molecule has 4 nitrogen and oxygen atoms in total. The van der Waals surface area contributed by atoms with Gasteiger partial charge >= 0.3 is 0 Å². The molecule has 0 saturated heterocycles. The SMILES string of the molecule is CN(C1CCCCC1O)S(=O)(=O)c1ccccc1F. The van der Waals surface area contributed by atoms with E-state index >= 15 is 0 Å². The summed E-state index contributed by atoms with van der Waals surface area (Å²) in [6.45, 7) is 0. The zero-order chi connectivity index (χ0) is 14.0. The Morgan fingerprint density at radius 3 is 2.53 bits per heavy atom. The summed E-state index contributed by atoms with van der Waals surface area (Å²) in [5.41, 5.74) is 0. The molecule has 1 aromatic carbocycles. The van der Waals surface area contributed by atoms with Crippen LogP contribution in [0.5, 0.6) is 0 Å². The molecule has 19 heavy (non-hydrogen) atoms. The molecule has 0 heterocycles. The van der Waals surface area contributed by atoms with Crippen LogP contribution in [0.1, 0.15) is 25.7 Å². The van der Waals surface area contributed by atoms with E-state index in [1.807, 2.05) is 0 Å². The minimum Gasteiger partial charge on any atom is -0.391 e. The van der Waals surface area contributed by atoms with Gasteiger partial charge in [0, 0.05) is 7.05 Å². The van der Waals surface area contributed by atoms with Gasteiger partial charge in [0.25, 0.3) is 0 Å². The first-order valence-corrected chi connectivity index (χ1v) is 7.79. The highest BCUT2D eigenvalue weighted by molar-refractivity contribution is 7.89. The largest absolute Gasteiger partial charge is 0.391 e. The lowest BCUT2D eigenvalue weighted by atomic mass is 9.93. The van der Waals surface area contributed by atoms with Crippen LogP contribution in [0.25, 0.3) is 0 Å². The number of rotatable bonds is 3. The van der Waals surface area contributed by atoms with Gasteiger partial charge in [-0.2, -0.15) is 4.31 Å². The Balaban J connectivity index is 2.31. The van der Waals surface area contributed by atoms with Crippen LogP contribution in [0.15, 0.2) is 29.2 Å². The first kappa shape index (κ1) is 14.4. The van der Waals surface area contributed by atoms with E-state index in [1.54, 1.807) is 0 Å². The van der Waals surface area contributed by atoms with Gasteiger partial charge in [0.15, 0.2) is 0 Å². The fourth-order valence-electron chi connectivity index (χ4n) is 2.50. The predicted octanol–water partition coefficient (Wildman–Crippen LogP) is 1.75. The third-order valence-electron chi connectivity index (χ3n) is 3.65. The standard InChI is InChI=1S/C13H18FNO3S/c1-15(11-7-3-4-8-12(11)16)19(17,18)13-9-5-2-6-10(13)14/h2,5-6,9,11-12,16H,3-4,7-8H2,1H3. The minimum atomic E-state index is -3.90. The average molecular weight is 287 g/mol. The number of hydrogen-bond acceptors (Lipinski definition) is 3. The van der Waals surface area contributed by atoms with Crippen molar-refractivity contribution >= 4 is 10.0 Å². The van der Waals surface area contributed by atoms with Gasteiger partial charge in [0.2, 0.25) is 10.0 Å². The molecule has 1 N–H and O–H groups in total. The van der Waals surface area contributed by atoms with Crippen LogP contribution in [0, 0.1) is 5.82 Å². The second-order valence-corrected chi connectivity index (χ2v) is 6.84. The van der Waals surface area contributed by atoms with Crippen molar-refractivity contribution in [1.29, 1.82) is 0 Å². The first-order valence-electron chi connectivity index (χ1n) is 6.35. The lowest BCUT2D eigenvalue weighted by Crippen LogP contribution is -2.46. The molecule has 1 aliphatic carbocycles. The molecular weight excluding hydrogens is 269 g/mol. The number of nitrogens with zero attached hydrogens (tertiary/aromatic N) is 1. The number of sulfonamides is 1. The smallest absolute Gasteiger partial charge is 0.246 e. The number of likely N-dealkylation sites (N-methyl/N-ethyl adjacent to an activating group) is 1. The van der Waals surface area contributed by atoms with E-state index in [4.69, 9.17) is 0 Å². The maximum absolute atomic E-state index is 13.6. The Morgan fingerprint density at radius 1 is 1.26 bits per heavy atom. The summed E-state index contributed by atoms with van der Waals surface area (Å²) in [5.74, 6) is -0.764. The highest BCUT2D eigenvalue weighted by atomic mass is 32.2. The maximum Gasteiger partial charge on any atom is 0.246 e. The Morgan fingerprint density at radius 2 is 1.89 bits per heavy atom. The van der Waals surface area contributed by atoms with Gasteiger partial charge in [0.05, 0.1) is 12.1 Å². The number of aliphatic hydroxyl groups excluding tert-OH is 1. The number of halogens is 1. The van der Waals surface area contributed by atoms with Crippen LogP contribution in [0.4, 0.5) is 4.39 Å².